The molecule has 1 N–H and O–H groups in total. The molecule has 1 aromatic carbocycles. The average Bonchev–Trinajstić information content (AvgIpc) is 2.33. The van der Waals surface area contributed by atoms with Crippen LogP contribution in [-0.2, 0) is 0 Å². The van der Waals surface area contributed by atoms with E-state index in [1.807, 2.05) is 24.0 Å². The molecule has 0 bridgehead atoms. The standard InChI is InChI=1S/C15H22N2O/c1-11-7-8-14(12(2)10-11)16-15(18)17-9-5-4-6-13(17)3/h7-8,10,13H,4-6,9H2,1-3H3,(H,16,18). The van der Waals surface area contributed by atoms with Crippen molar-refractivity contribution in [3.63, 3.8) is 0 Å². The summed E-state index contributed by atoms with van der Waals surface area (Å²) in [6, 6.07) is 6.49. The number of nitrogens with one attached hydrogen (secondary N) is 1. The van der Waals surface area contributed by atoms with Crippen LogP contribution in [0.5, 0.6) is 0 Å². The summed E-state index contributed by atoms with van der Waals surface area (Å²) >= 11 is 0. The first-order valence-corrected chi connectivity index (χ1v) is 6.73. The van der Waals surface area contributed by atoms with E-state index in [0.717, 1.165) is 30.6 Å². The topological polar surface area (TPSA) is 32.3 Å². The second-order valence-corrected chi connectivity index (χ2v) is 5.29. The lowest BCUT2D eigenvalue weighted by Gasteiger charge is -2.33. The van der Waals surface area contributed by atoms with E-state index >= 15 is 0 Å². The summed E-state index contributed by atoms with van der Waals surface area (Å²) in [4.78, 5) is 14.2. The fourth-order valence-corrected chi connectivity index (χ4v) is 2.54. The fourth-order valence-electron chi connectivity index (χ4n) is 2.54. The Kier molecular flexibility index (Phi) is 3.90. The Morgan fingerprint density at radius 3 is 2.78 bits per heavy atom. The van der Waals surface area contributed by atoms with Crippen LogP contribution in [0.2, 0.25) is 0 Å². The van der Waals surface area contributed by atoms with Crippen LogP contribution >= 0.6 is 0 Å². The molecule has 0 radical (unpaired) electrons. The molecule has 0 spiro atoms. The zero-order valence-corrected chi connectivity index (χ0v) is 11.5. The molecule has 98 valence electrons. The van der Waals surface area contributed by atoms with Crippen LogP contribution in [-0.4, -0.2) is 23.5 Å². The van der Waals surface area contributed by atoms with Gasteiger partial charge in [-0.2, -0.15) is 0 Å². The Balaban J connectivity index is 2.06. The van der Waals surface area contributed by atoms with E-state index in [4.69, 9.17) is 0 Å². The molecule has 18 heavy (non-hydrogen) atoms. The van der Waals surface area contributed by atoms with E-state index in [0.29, 0.717) is 6.04 Å². The number of piperidine rings is 1. The zero-order chi connectivity index (χ0) is 13.1. The summed E-state index contributed by atoms with van der Waals surface area (Å²) in [5.41, 5.74) is 3.26. The Morgan fingerprint density at radius 2 is 2.11 bits per heavy atom. The number of nitrogens with zero attached hydrogens (tertiary/aromatic N) is 1. The van der Waals surface area contributed by atoms with Gasteiger partial charge in [-0.05, 0) is 51.7 Å². The second-order valence-electron chi connectivity index (χ2n) is 5.29. The number of carbonyl (C=O) groups excluding carboxylic acids is 1. The third-order valence-corrected chi connectivity index (χ3v) is 3.69. The first kappa shape index (κ1) is 12.9. The van der Waals surface area contributed by atoms with Crippen molar-refractivity contribution in [3.8, 4) is 0 Å². The smallest absolute Gasteiger partial charge is 0.322 e. The number of aryl methyl sites for hydroxylation is 2. The Hall–Kier alpha value is -1.51. The van der Waals surface area contributed by atoms with Crippen molar-refractivity contribution in [2.45, 2.75) is 46.1 Å². The normalized spacial score (nSPS) is 19.7. The summed E-state index contributed by atoms with van der Waals surface area (Å²) in [5, 5.41) is 3.02. The van der Waals surface area contributed by atoms with Crippen LogP contribution in [0, 0.1) is 13.8 Å². The molecule has 1 aliphatic heterocycles. The molecule has 2 rings (SSSR count). The summed E-state index contributed by atoms with van der Waals surface area (Å²) in [7, 11) is 0. The minimum atomic E-state index is 0.0363. The SMILES string of the molecule is Cc1ccc(NC(=O)N2CCCCC2C)c(C)c1. The first-order valence-electron chi connectivity index (χ1n) is 6.73. The van der Waals surface area contributed by atoms with Crippen LogP contribution in [0.4, 0.5) is 10.5 Å². The number of likely N-dealkylation sites (tertiary alicyclic amines) is 1. The van der Waals surface area contributed by atoms with Gasteiger partial charge in [0, 0.05) is 18.3 Å². The van der Waals surface area contributed by atoms with Crippen molar-refractivity contribution < 1.29 is 4.79 Å². The molecule has 0 aromatic heterocycles. The van der Waals surface area contributed by atoms with Gasteiger partial charge in [-0.3, -0.25) is 0 Å². The monoisotopic (exact) mass is 246 g/mol. The Morgan fingerprint density at radius 1 is 1.33 bits per heavy atom. The van der Waals surface area contributed by atoms with Gasteiger partial charge in [0.05, 0.1) is 0 Å². The average molecular weight is 246 g/mol. The van der Waals surface area contributed by atoms with Crippen LogP contribution in [0.1, 0.15) is 37.3 Å². The molecule has 1 aromatic rings. The lowest BCUT2D eigenvalue weighted by molar-refractivity contribution is 0.170. The third kappa shape index (κ3) is 2.84. The molecule has 1 atom stereocenters. The van der Waals surface area contributed by atoms with Crippen molar-refractivity contribution in [1.82, 2.24) is 4.90 Å². The third-order valence-electron chi connectivity index (χ3n) is 3.69. The number of rotatable bonds is 1. The van der Waals surface area contributed by atoms with Gasteiger partial charge in [-0.15, -0.1) is 0 Å². The van der Waals surface area contributed by atoms with Crippen molar-refractivity contribution in [1.29, 1.82) is 0 Å². The predicted octanol–water partition coefficient (Wildman–Crippen LogP) is 3.71. The molecular formula is C15H22N2O. The number of amides is 2. The molecule has 0 saturated carbocycles. The fraction of sp³-hybridized carbons (Fsp3) is 0.533. The summed E-state index contributed by atoms with van der Waals surface area (Å²) < 4.78 is 0. The Bertz CT molecular complexity index is 442. The molecule has 1 heterocycles. The number of anilines is 1. The van der Waals surface area contributed by atoms with Crippen LogP contribution in [0.3, 0.4) is 0 Å². The highest BCUT2D eigenvalue weighted by atomic mass is 16.2. The maximum Gasteiger partial charge on any atom is 0.322 e. The quantitative estimate of drug-likeness (QED) is 0.805. The predicted molar refractivity (Wildman–Crippen MR) is 75.0 cm³/mol. The molecule has 2 amide bonds. The van der Waals surface area contributed by atoms with E-state index in [1.165, 1.54) is 12.0 Å². The van der Waals surface area contributed by atoms with Crippen LogP contribution in [0.15, 0.2) is 18.2 Å². The number of carbonyl (C=O) groups is 1. The zero-order valence-electron chi connectivity index (χ0n) is 11.5. The molecule has 0 aliphatic carbocycles. The molecule has 1 aliphatic rings. The largest absolute Gasteiger partial charge is 0.322 e. The van der Waals surface area contributed by atoms with Gasteiger partial charge in [-0.1, -0.05) is 17.7 Å². The number of urea groups is 1. The van der Waals surface area contributed by atoms with E-state index in [1.54, 1.807) is 0 Å². The highest BCUT2D eigenvalue weighted by Gasteiger charge is 2.23. The van der Waals surface area contributed by atoms with Gasteiger partial charge in [0.25, 0.3) is 0 Å². The van der Waals surface area contributed by atoms with Crippen molar-refractivity contribution in [2.75, 3.05) is 11.9 Å². The van der Waals surface area contributed by atoms with Gasteiger partial charge in [-0.25, -0.2) is 4.79 Å². The molecular weight excluding hydrogens is 224 g/mol. The van der Waals surface area contributed by atoms with E-state index in [9.17, 15) is 4.79 Å². The summed E-state index contributed by atoms with van der Waals surface area (Å²) in [6.07, 6.45) is 3.46. The number of hydrogen-bond acceptors (Lipinski definition) is 1. The number of hydrogen-bond donors (Lipinski definition) is 1. The minimum absolute atomic E-state index is 0.0363. The van der Waals surface area contributed by atoms with Gasteiger partial charge in [0.1, 0.15) is 0 Å². The van der Waals surface area contributed by atoms with Gasteiger partial charge in [0.2, 0.25) is 0 Å². The van der Waals surface area contributed by atoms with Crippen LogP contribution in [0.25, 0.3) is 0 Å². The molecule has 3 nitrogen and oxygen atoms in total. The van der Waals surface area contributed by atoms with Gasteiger partial charge < -0.3 is 10.2 Å². The molecule has 1 unspecified atom stereocenters. The highest BCUT2D eigenvalue weighted by Crippen LogP contribution is 2.20. The minimum Gasteiger partial charge on any atom is -0.322 e. The van der Waals surface area contributed by atoms with E-state index in [2.05, 4.69) is 25.2 Å². The van der Waals surface area contributed by atoms with Crippen molar-refractivity contribution >= 4 is 11.7 Å². The van der Waals surface area contributed by atoms with Gasteiger partial charge in [0.15, 0.2) is 0 Å². The molecule has 1 saturated heterocycles. The van der Waals surface area contributed by atoms with Crippen LogP contribution < -0.4 is 5.32 Å². The van der Waals surface area contributed by atoms with Crippen molar-refractivity contribution in [2.24, 2.45) is 0 Å². The summed E-state index contributed by atoms with van der Waals surface area (Å²) in [6.45, 7) is 7.09. The lowest BCUT2D eigenvalue weighted by atomic mass is 10.0. The van der Waals surface area contributed by atoms with Crippen molar-refractivity contribution in [3.05, 3.63) is 29.3 Å². The van der Waals surface area contributed by atoms with E-state index < -0.39 is 0 Å². The molecule has 3 heteroatoms. The summed E-state index contributed by atoms with van der Waals surface area (Å²) in [5.74, 6) is 0. The lowest BCUT2D eigenvalue weighted by Crippen LogP contribution is -2.44. The Labute approximate surface area is 109 Å². The van der Waals surface area contributed by atoms with E-state index in [-0.39, 0.29) is 6.03 Å². The maximum atomic E-state index is 12.2. The van der Waals surface area contributed by atoms with Gasteiger partial charge >= 0.3 is 6.03 Å². The maximum absolute atomic E-state index is 12.2. The second kappa shape index (κ2) is 5.42. The first-order chi connectivity index (χ1) is 8.58. The highest BCUT2D eigenvalue weighted by molar-refractivity contribution is 5.90. The molecule has 1 fully saturated rings. The number of benzene rings is 1.